The summed E-state index contributed by atoms with van der Waals surface area (Å²) in [7, 11) is -3.39. The number of aryl methyl sites for hydroxylation is 1. The van der Waals surface area contributed by atoms with Crippen molar-refractivity contribution in [3.8, 4) is 5.69 Å². The maximum absolute atomic E-state index is 11.8. The molecule has 1 saturated heterocycles. The molecule has 10 heteroatoms. The average Bonchev–Trinajstić information content (AvgIpc) is 3.45. The fraction of sp³-hybridized carbons (Fsp3) is 0.160. The van der Waals surface area contributed by atoms with Gasteiger partial charge in [0.2, 0.25) is 10.0 Å². The molecule has 4 aromatic rings. The normalized spacial score (nSPS) is 17.9. The van der Waals surface area contributed by atoms with E-state index in [0.717, 1.165) is 34.6 Å². The lowest BCUT2D eigenvalue weighted by molar-refractivity contribution is 0.549. The predicted octanol–water partition coefficient (Wildman–Crippen LogP) is 4.12. The maximum Gasteiger partial charge on any atom is 0.229 e. The van der Waals surface area contributed by atoms with Gasteiger partial charge in [-0.25, -0.2) is 8.42 Å². The number of nitrogens with zero attached hydrogens (tertiary/aromatic N) is 4. The Labute approximate surface area is 209 Å². The van der Waals surface area contributed by atoms with Crippen LogP contribution in [0.3, 0.4) is 0 Å². The summed E-state index contributed by atoms with van der Waals surface area (Å²) < 4.78 is 28.2. The van der Waals surface area contributed by atoms with Crippen molar-refractivity contribution in [3.63, 3.8) is 0 Å². The first-order valence-electron chi connectivity index (χ1n) is 11.0. The van der Waals surface area contributed by atoms with Gasteiger partial charge in [0.15, 0.2) is 5.11 Å². The molecule has 0 amide bonds. The Hall–Kier alpha value is -3.76. The van der Waals surface area contributed by atoms with Crippen LogP contribution in [0.5, 0.6) is 0 Å². The molecule has 3 aromatic heterocycles. The molecule has 0 spiro atoms. The molecule has 0 bridgehead atoms. The Morgan fingerprint density at radius 3 is 2.57 bits per heavy atom. The van der Waals surface area contributed by atoms with E-state index in [2.05, 4.69) is 35.5 Å². The van der Waals surface area contributed by atoms with Gasteiger partial charge in [-0.05, 0) is 79.3 Å². The second-order valence-electron chi connectivity index (χ2n) is 8.38. The Kier molecular flexibility index (Phi) is 6.00. The minimum Gasteiger partial charge on any atom is -0.351 e. The summed E-state index contributed by atoms with van der Waals surface area (Å²) in [6, 6.07) is 19.0. The zero-order valence-corrected chi connectivity index (χ0v) is 20.8. The van der Waals surface area contributed by atoms with Crippen molar-refractivity contribution in [2.24, 2.45) is 0 Å². The van der Waals surface area contributed by atoms with Crippen molar-refractivity contribution in [1.29, 1.82) is 0 Å². The van der Waals surface area contributed by atoms with E-state index in [0.29, 0.717) is 10.8 Å². The Morgan fingerprint density at radius 2 is 1.89 bits per heavy atom. The molecule has 8 nitrogen and oxygen atoms in total. The molecular weight excluding hydrogens is 480 g/mol. The highest BCUT2D eigenvalue weighted by Gasteiger charge is 2.42. The number of anilines is 2. The standard InChI is InChI=1S/C25H24N6O2S2/c1-17-15-18(10-11-20(17)29-35(2,32)33)31-24(23(28-25(31)34)21-8-3-4-13-27-21)22-9-6-14-30(22)19-7-5-12-26-16-19/h3-16,23-24,29H,1-2H3,(H,28,34)/t23-,24+/m0/s1. The number of aromatic nitrogens is 3. The molecule has 0 aliphatic carbocycles. The number of rotatable bonds is 6. The van der Waals surface area contributed by atoms with Crippen molar-refractivity contribution < 1.29 is 8.42 Å². The van der Waals surface area contributed by atoms with E-state index in [4.69, 9.17) is 12.2 Å². The molecule has 4 heterocycles. The molecule has 1 aliphatic heterocycles. The summed E-state index contributed by atoms with van der Waals surface area (Å²) in [6.07, 6.45) is 8.48. The third-order valence-corrected chi connectivity index (χ3v) is 6.79. The van der Waals surface area contributed by atoms with Gasteiger partial charge in [-0.1, -0.05) is 6.07 Å². The largest absolute Gasteiger partial charge is 0.351 e. The van der Waals surface area contributed by atoms with Crippen LogP contribution in [0.2, 0.25) is 0 Å². The highest BCUT2D eigenvalue weighted by atomic mass is 32.2. The molecule has 1 aromatic carbocycles. The number of sulfonamides is 1. The molecule has 0 unspecified atom stereocenters. The van der Waals surface area contributed by atoms with Gasteiger partial charge in [-0.15, -0.1) is 0 Å². The van der Waals surface area contributed by atoms with Crippen LogP contribution >= 0.6 is 12.2 Å². The van der Waals surface area contributed by atoms with Crippen LogP contribution in [0.25, 0.3) is 5.69 Å². The summed E-state index contributed by atoms with van der Waals surface area (Å²) in [6.45, 7) is 1.87. The van der Waals surface area contributed by atoms with Gasteiger partial charge in [0.05, 0.1) is 35.6 Å². The lowest BCUT2D eigenvalue weighted by Crippen LogP contribution is -2.30. The monoisotopic (exact) mass is 504 g/mol. The van der Waals surface area contributed by atoms with Crippen molar-refractivity contribution in [2.75, 3.05) is 15.9 Å². The molecule has 178 valence electrons. The molecule has 1 fully saturated rings. The first kappa shape index (κ1) is 23.0. The predicted molar refractivity (Wildman–Crippen MR) is 141 cm³/mol. The van der Waals surface area contributed by atoms with E-state index in [1.165, 1.54) is 0 Å². The van der Waals surface area contributed by atoms with E-state index in [9.17, 15) is 8.42 Å². The average molecular weight is 505 g/mol. The first-order valence-corrected chi connectivity index (χ1v) is 13.3. The number of pyridine rings is 2. The molecule has 0 radical (unpaired) electrons. The molecule has 1 aliphatic rings. The van der Waals surface area contributed by atoms with Crippen molar-refractivity contribution in [3.05, 3.63) is 102 Å². The van der Waals surface area contributed by atoms with Crippen LogP contribution < -0.4 is 14.9 Å². The highest BCUT2D eigenvalue weighted by molar-refractivity contribution is 7.92. The summed E-state index contributed by atoms with van der Waals surface area (Å²) >= 11 is 5.83. The molecule has 5 rings (SSSR count). The van der Waals surface area contributed by atoms with Crippen LogP contribution in [-0.2, 0) is 10.0 Å². The topological polar surface area (TPSA) is 92.2 Å². The van der Waals surface area contributed by atoms with Gasteiger partial charge >= 0.3 is 0 Å². The Balaban J connectivity index is 1.63. The molecular formula is C25H24N6O2S2. The quantitative estimate of drug-likeness (QED) is 0.382. The highest BCUT2D eigenvalue weighted by Crippen LogP contribution is 2.42. The van der Waals surface area contributed by atoms with Crippen molar-refractivity contribution in [1.82, 2.24) is 19.9 Å². The van der Waals surface area contributed by atoms with Gasteiger partial charge in [0.1, 0.15) is 6.04 Å². The summed E-state index contributed by atoms with van der Waals surface area (Å²) in [5.41, 5.74) is 4.99. The van der Waals surface area contributed by atoms with E-state index < -0.39 is 10.0 Å². The minimum absolute atomic E-state index is 0.205. The fourth-order valence-corrected chi connectivity index (χ4v) is 5.39. The zero-order valence-electron chi connectivity index (χ0n) is 19.2. The smallest absolute Gasteiger partial charge is 0.229 e. The molecule has 35 heavy (non-hydrogen) atoms. The lowest BCUT2D eigenvalue weighted by atomic mass is 10.0. The summed E-state index contributed by atoms with van der Waals surface area (Å²) in [4.78, 5) is 11.0. The number of benzene rings is 1. The van der Waals surface area contributed by atoms with E-state index >= 15 is 0 Å². The SMILES string of the molecule is Cc1cc(N2C(=S)N[C@@H](c3ccccn3)[C@H]2c2cccn2-c2cccnc2)ccc1NS(C)(=O)=O. The van der Waals surface area contributed by atoms with E-state index in [1.807, 2.05) is 67.8 Å². The maximum atomic E-state index is 11.8. The third kappa shape index (κ3) is 4.62. The summed E-state index contributed by atoms with van der Waals surface area (Å²) in [5.74, 6) is 0. The number of nitrogens with one attached hydrogen (secondary N) is 2. The van der Waals surface area contributed by atoms with Crippen LogP contribution in [-0.4, -0.2) is 34.3 Å². The minimum atomic E-state index is -3.39. The second-order valence-corrected chi connectivity index (χ2v) is 10.5. The van der Waals surface area contributed by atoms with Crippen LogP contribution in [0.4, 0.5) is 11.4 Å². The van der Waals surface area contributed by atoms with Gasteiger partial charge in [-0.2, -0.15) is 0 Å². The number of thiocarbonyl (C=S) groups is 1. The number of hydrogen-bond acceptors (Lipinski definition) is 5. The first-order chi connectivity index (χ1) is 16.8. The third-order valence-electron chi connectivity index (χ3n) is 5.89. The van der Waals surface area contributed by atoms with Crippen LogP contribution in [0.1, 0.15) is 29.0 Å². The van der Waals surface area contributed by atoms with E-state index in [-0.39, 0.29) is 12.1 Å². The van der Waals surface area contributed by atoms with Gasteiger partial charge < -0.3 is 14.8 Å². The lowest BCUT2D eigenvalue weighted by Gasteiger charge is -2.29. The molecule has 0 saturated carbocycles. The molecule has 2 atom stereocenters. The van der Waals surface area contributed by atoms with Crippen LogP contribution in [0, 0.1) is 6.92 Å². The van der Waals surface area contributed by atoms with Gasteiger partial charge in [0.25, 0.3) is 0 Å². The summed E-state index contributed by atoms with van der Waals surface area (Å²) in [5, 5.41) is 4.03. The second kappa shape index (κ2) is 9.12. The number of hydrogen-bond donors (Lipinski definition) is 2. The van der Waals surface area contributed by atoms with Gasteiger partial charge in [-0.3, -0.25) is 14.7 Å². The zero-order chi connectivity index (χ0) is 24.6. The van der Waals surface area contributed by atoms with Crippen molar-refractivity contribution in [2.45, 2.75) is 19.0 Å². The van der Waals surface area contributed by atoms with E-state index in [1.54, 1.807) is 18.5 Å². The van der Waals surface area contributed by atoms with Crippen molar-refractivity contribution >= 4 is 38.7 Å². The van der Waals surface area contributed by atoms with Crippen LogP contribution in [0.15, 0.2) is 85.5 Å². The molecule has 2 N–H and O–H groups in total. The Bertz CT molecular complexity index is 1470. The fourth-order valence-electron chi connectivity index (χ4n) is 4.41. The van der Waals surface area contributed by atoms with Gasteiger partial charge in [0, 0.05) is 30.0 Å². The Morgan fingerprint density at radius 1 is 1.03 bits per heavy atom.